The van der Waals surface area contributed by atoms with E-state index in [9.17, 15) is 9.59 Å². The van der Waals surface area contributed by atoms with Gasteiger partial charge in [0.05, 0.1) is 17.6 Å². The van der Waals surface area contributed by atoms with E-state index in [4.69, 9.17) is 16.9 Å². The third-order valence-corrected chi connectivity index (χ3v) is 4.17. The van der Waals surface area contributed by atoms with Crippen LogP contribution in [0.25, 0.3) is 0 Å². The molecule has 0 aliphatic carbocycles. The number of amides is 2. The van der Waals surface area contributed by atoms with E-state index < -0.39 is 5.92 Å². The van der Waals surface area contributed by atoms with E-state index in [2.05, 4.69) is 5.32 Å². The molecule has 5 nitrogen and oxygen atoms in total. The summed E-state index contributed by atoms with van der Waals surface area (Å²) >= 11 is 5.86. The molecule has 0 spiro atoms. The molecular formula is C18H14ClN3O2. The summed E-state index contributed by atoms with van der Waals surface area (Å²) in [4.78, 5) is 26.2. The normalized spacial score (nSPS) is 16.8. The Morgan fingerprint density at radius 3 is 2.46 bits per heavy atom. The highest BCUT2D eigenvalue weighted by Crippen LogP contribution is 2.27. The van der Waals surface area contributed by atoms with Crippen LogP contribution < -0.4 is 10.2 Å². The molecule has 6 heteroatoms. The van der Waals surface area contributed by atoms with Crippen LogP contribution in [0.1, 0.15) is 12.0 Å². The minimum Gasteiger partial charge on any atom is -0.326 e. The van der Waals surface area contributed by atoms with E-state index in [1.54, 1.807) is 53.4 Å². The van der Waals surface area contributed by atoms with Gasteiger partial charge in [0.2, 0.25) is 11.8 Å². The lowest BCUT2D eigenvalue weighted by atomic mass is 10.1. The van der Waals surface area contributed by atoms with Gasteiger partial charge in [0.25, 0.3) is 0 Å². The van der Waals surface area contributed by atoms with Gasteiger partial charge in [0, 0.05) is 29.4 Å². The fraction of sp³-hybridized carbons (Fsp3) is 0.167. The number of carbonyl (C=O) groups excluding carboxylic acids is 2. The molecule has 1 aliphatic heterocycles. The van der Waals surface area contributed by atoms with Crippen molar-refractivity contribution >= 4 is 34.8 Å². The van der Waals surface area contributed by atoms with Gasteiger partial charge in [0.1, 0.15) is 0 Å². The van der Waals surface area contributed by atoms with E-state index >= 15 is 0 Å². The molecule has 3 rings (SSSR count). The Kier molecular flexibility index (Phi) is 4.50. The highest BCUT2D eigenvalue weighted by Gasteiger charge is 2.35. The minimum absolute atomic E-state index is 0.0858. The van der Waals surface area contributed by atoms with Crippen LogP contribution in [0, 0.1) is 17.2 Å². The van der Waals surface area contributed by atoms with E-state index in [0.717, 1.165) is 5.69 Å². The number of nitrogens with zero attached hydrogens (tertiary/aromatic N) is 2. The molecule has 0 bridgehead atoms. The Hall–Kier alpha value is -2.84. The van der Waals surface area contributed by atoms with Crippen molar-refractivity contribution in [2.75, 3.05) is 16.8 Å². The molecule has 2 aromatic rings. The SMILES string of the molecule is N#Cc1ccc(NC(=O)[C@@H]2CC(=O)N(c3ccc(Cl)cc3)C2)cc1. The summed E-state index contributed by atoms with van der Waals surface area (Å²) in [6, 6.07) is 15.6. The average Bonchev–Trinajstić information content (AvgIpc) is 2.98. The zero-order valence-corrected chi connectivity index (χ0v) is 13.5. The maximum atomic E-state index is 12.4. The molecule has 1 N–H and O–H groups in total. The van der Waals surface area contributed by atoms with E-state index in [1.165, 1.54) is 0 Å². The molecule has 0 radical (unpaired) electrons. The molecule has 1 heterocycles. The lowest BCUT2D eigenvalue weighted by molar-refractivity contribution is -0.122. The predicted molar refractivity (Wildman–Crippen MR) is 91.7 cm³/mol. The van der Waals surface area contributed by atoms with Gasteiger partial charge in [0.15, 0.2) is 0 Å². The Balaban J connectivity index is 1.67. The molecular weight excluding hydrogens is 326 g/mol. The first-order chi connectivity index (χ1) is 11.6. The number of anilines is 2. The Morgan fingerprint density at radius 2 is 1.83 bits per heavy atom. The molecule has 1 aliphatic rings. The largest absolute Gasteiger partial charge is 0.326 e. The summed E-state index contributed by atoms with van der Waals surface area (Å²) in [5.41, 5.74) is 1.87. The molecule has 2 aromatic carbocycles. The molecule has 0 saturated carbocycles. The molecule has 120 valence electrons. The fourth-order valence-corrected chi connectivity index (χ4v) is 2.75. The van der Waals surface area contributed by atoms with Crippen molar-refractivity contribution in [3.63, 3.8) is 0 Å². The summed E-state index contributed by atoms with van der Waals surface area (Å²) in [6.45, 7) is 0.336. The van der Waals surface area contributed by atoms with Crippen molar-refractivity contribution in [3.8, 4) is 6.07 Å². The van der Waals surface area contributed by atoms with Crippen LogP contribution in [0.2, 0.25) is 5.02 Å². The number of benzene rings is 2. The van der Waals surface area contributed by atoms with Gasteiger partial charge in [-0.1, -0.05) is 11.6 Å². The van der Waals surface area contributed by atoms with Crippen LogP contribution >= 0.6 is 11.6 Å². The maximum Gasteiger partial charge on any atom is 0.229 e. The second kappa shape index (κ2) is 6.73. The molecule has 2 amide bonds. The van der Waals surface area contributed by atoms with E-state index in [1.807, 2.05) is 6.07 Å². The highest BCUT2D eigenvalue weighted by atomic mass is 35.5. The van der Waals surface area contributed by atoms with Crippen LogP contribution in [0.5, 0.6) is 0 Å². The topological polar surface area (TPSA) is 73.2 Å². The lowest BCUT2D eigenvalue weighted by Crippen LogP contribution is -2.28. The molecule has 1 atom stereocenters. The number of rotatable bonds is 3. The predicted octanol–water partition coefficient (Wildman–Crippen LogP) is 3.20. The second-order valence-electron chi connectivity index (χ2n) is 5.56. The monoisotopic (exact) mass is 339 g/mol. The van der Waals surface area contributed by atoms with Crippen molar-refractivity contribution in [3.05, 3.63) is 59.1 Å². The molecule has 24 heavy (non-hydrogen) atoms. The fourth-order valence-electron chi connectivity index (χ4n) is 2.63. The number of halogens is 1. The standard InChI is InChI=1S/C18H14ClN3O2/c19-14-3-7-16(8-4-14)22-11-13(9-17(22)23)18(24)21-15-5-1-12(10-20)2-6-15/h1-8,13H,9,11H2,(H,21,24)/t13-/m1/s1. The first-order valence-corrected chi connectivity index (χ1v) is 7.81. The number of carbonyl (C=O) groups is 2. The second-order valence-corrected chi connectivity index (χ2v) is 6.00. The van der Waals surface area contributed by atoms with E-state index in [-0.39, 0.29) is 18.2 Å². The summed E-state index contributed by atoms with van der Waals surface area (Å²) < 4.78 is 0. The molecule has 0 unspecified atom stereocenters. The van der Waals surface area contributed by atoms with Crippen LogP contribution in [-0.4, -0.2) is 18.4 Å². The van der Waals surface area contributed by atoms with Gasteiger partial charge < -0.3 is 10.2 Å². The number of hydrogen-bond donors (Lipinski definition) is 1. The summed E-state index contributed by atoms with van der Waals surface area (Å²) in [5.74, 6) is -0.703. The minimum atomic E-state index is -0.413. The van der Waals surface area contributed by atoms with Gasteiger partial charge in [-0.2, -0.15) is 5.26 Å². The third-order valence-electron chi connectivity index (χ3n) is 3.92. The Bertz CT molecular complexity index is 810. The zero-order valence-electron chi connectivity index (χ0n) is 12.7. The third kappa shape index (κ3) is 3.39. The quantitative estimate of drug-likeness (QED) is 0.933. The van der Waals surface area contributed by atoms with Gasteiger partial charge in [-0.25, -0.2) is 0 Å². The Labute approximate surface area is 144 Å². The number of nitrogens with one attached hydrogen (secondary N) is 1. The van der Waals surface area contributed by atoms with Crippen molar-refractivity contribution < 1.29 is 9.59 Å². The summed E-state index contributed by atoms with van der Waals surface area (Å²) in [6.07, 6.45) is 0.171. The summed E-state index contributed by atoms with van der Waals surface area (Å²) in [7, 11) is 0. The first-order valence-electron chi connectivity index (χ1n) is 7.44. The van der Waals surface area contributed by atoms with Crippen LogP contribution in [0.15, 0.2) is 48.5 Å². The van der Waals surface area contributed by atoms with Gasteiger partial charge in [-0.3, -0.25) is 9.59 Å². The molecule has 1 fully saturated rings. The Morgan fingerprint density at radius 1 is 1.17 bits per heavy atom. The first kappa shape index (κ1) is 16.0. The van der Waals surface area contributed by atoms with Crippen molar-refractivity contribution in [1.82, 2.24) is 0 Å². The smallest absolute Gasteiger partial charge is 0.229 e. The molecule has 1 saturated heterocycles. The highest BCUT2D eigenvalue weighted by molar-refractivity contribution is 6.30. The molecule has 0 aromatic heterocycles. The van der Waals surface area contributed by atoms with Crippen molar-refractivity contribution in [1.29, 1.82) is 5.26 Å². The van der Waals surface area contributed by atoms with Gasteiger partial charge in [-0.15, -0.1) is 0 Å². The number of hydrogen-bond acceptors (Lipinski definition) is 3. The van der Waals surface area contributed by atoms with E-state index in [0.29, 0.717) is 22.8 Å². The van der Waals surface area contributed by atoms with Gasteiger partial charge in [-0.05, 0) is 48.5 Å². The van der Waals surface area contributed by atoms with Crippen molar-refractivity contribution in [2.24, 2.45) is 5.92 Å². The van der Waals surface area contributed by atoms with Gasteiger partial charge >= 0.3 is 0 Å². The number of nitriles is 1. The summed E-state index contributed by atoms with van der Waals surface area (Å²) in [5, 5.41) is 12.2. The van der Waals surface area contributed by atoms with Crippen molar-refractivity contribution in [2.45, 2.75) is 6.42 Å². The van der Waals surface area contributed by atoms with Crippen LogP contribution in [0.4, 0.5) is 11.4 Å². The zero-order chi connectivity index (χ0) is 17.1. The average molecular weight is 340 g/mol. The van der Waals surface area contributed by atoms with Crippen LogP contribution in [0.3, 0.4) is 0 Å². The van der Waals surface area contributed by atoms with Crippen LogP contribution in [-0.2, 0) is 9.59 Å². The lowest BCUT2D eigenvalue weighted by Gasteiger charge is -2.16. The maximum absolute atomic E-state index is 12.4.